The van der Waals surface area contributed by atoms with E-state index in [2.05, 4.69) is 16.3 Å². The Hall–Kier alpha value is -2.89. The number of nitrogens with zero attached hydrogens (tertiary/aromatic N) is 4. The Labute approximate surface area is 133 Å². The molecule has 6 heteroatoms. The van der Waals surface area contributed by atoms with Crippen LogP contribution in [0.1, 0.15) is 28.7 Å². The van der Waals surface area contributed by atoms with Gasteiger partial charge >= 0.3 is 0 Å². The topological polar surface area (TPSA) is 64.2 Å². The summed E-state index contributed by atoms with van der Waals surface area (Å²) in [6, 6.07) is 11.6. The van der Waals surface area contributed by atoms with Crippen LogP contribution < -0.4 is 4.90 Å². The van der Waals surface area contributed by atoms with E-state index in [9.17, 15) is 4.79 Å². The second-order valence-corrected chi connectivity index (χ2v) is 5.74. The molecule has 1 aliphatic rings. The molecule has 1 aliphatic heterocycles. The molecule has 0 saturated heterocycles. The van der Waals surface area contributed by atoms with Crippen molar-refractivity contribution < 1.29 is 9.32 Å². The Morgan fingerprint density at radius 3 is 3.04 bits per heavy atom. The third-order valence-electron chi connectivity index (χ3n) is 4.08. The first-order chi connectivity index (χ1) is 11.2. The summed E-state index contributed by atoms with van der Waals surface area (Å²) in [7, 11) is 0. The van der Waals surface area contributed by atoms with Crippen LogP contribution in [0.25, 0.3) is 0 Å². The number of benzene rings is 1. The Kier molecular flexibility index (Phi) is 3.22. The summed E-state index contributed by atoms with van der Waals surface area (Å²) < 4.78 is 7.01. The number of hydrogen-bond acceptors (Lipinski definition) is 4. The van der Waals surface area contributed by atoms with E-state index in [4.69, 9.17) is 4.52 Å². The summed E-state index contributed by atoms with van der Waals surface area (Å²) >= 11 is 0. The molecule has 0 saturated carbocycles. The number of carbonyl (C=O) groups excluding carboxylic acids is 1. The van der Waals surface area contributed by atoms with Gasteiger partial charge in [-0.05, 0) is 31.0 Å². The Morgan fingerprint density at radius 1 is 1.35 bits per heavy atom. The average molecular weight is 308 g/mol. The van der Waals surface area contributed by atoms with E-state index in [1.165, 1.54) is 5.56 Å². The van der Waals surface area contributed by atoms with Gasteiger partial charge in [0.25, 0.3) is 5.91 Å². The van der Waals surface area contributed by atoms with Crippen molar-refractivity contribution in [1.82, 2.24) is 14.9 Å². The van der Waals surface area contributed by atoms with Gasteiger partial charge in [-0.15, -0.1) is 0 Å². The molecule has 4 rings (SSSR count). The molecule has 1 amide bonds. The minimum absolute atomic E-state index is 0.117. The van der Waals surface area contributed by atoms with Crippen molar-refractivity contribution in [2.45, 2.75) is 25.9 Å². The molecule has 3 heterocycles. The number of amides is 1. The predicted octanol–water partition coefficient (Wildman–Crippen LogP) is 2.51. The van der Waals surface area contributed by atoms with E-state index in [1.807, 2.05) is 37.4 Å². The van der Waals surface area contributed by atoms with E-state index in [-0.39, 0.29) is 11.9 Å². The molecule has 0 radical (unpaired) electrons. The van der Waals surface area contributed by atoms with Gasteiger partial charge in [-0.1, -0.05) is 23.4 Å². The molecule has 1 unspecified atom stereocenters. The van der Waals surface area contributed by atoms with Gasteiger partial charge in [-0.2, -0.15) is 5.10 Å². The van der Waals surface area contributed by atoms with Crippen LogP contribution >= 0.6 is 0 Å². The van der Waals surface area contributed by atoms with Crippen LogP contribution in [0.2, 0.25) is 0 Å². The maximum absolute atomic E-state index is 12.8. The number of aromatic nitrogens is 3. The van der Waals surface area contributed by atoms with Crippen molar-refractivity contribution in [3.8, 4) is 0 Å². The molecule has 3 aromatic rings. The summed E-state index contributed by atoms with van der Waals surface area (Å²) in [5.74, 6) is 0.482. The zero-order valence-electron chi connectivity index (χ0n) is 12.7. The number of anilines is 1. The smallest absolute Gasteiger partial charge is 0.280 e. The van der Waals surface area contributed by atoms with E-state index >= 15 is 0 Å². The fourth-order valence-corrected chi connectivity index (χ4v) is 3.04. The van der Waals surface area contributed by atoms with Crippen LogP contribution in [-0.2, 0) is 13.0 Å². The molecule has 6 nitrogen and oxygen atoms in total. The molecule has 0 N–H and O–H groups in total. The number of hydrogen-bond donors (Lipinski definition) is 0. The highest BCUT2D eigenvalue weighted by Crippen LogP contribution is 2.32. The number of para-hydroxylation sites is 1. The molecule has 1 aromatic carbocycles. The van der Waals surface area contributed by atoms with Gasteiger partial charge in [-0.3, -0.25) is 9.48 Å². The van der Waals surface area contributed by atoms with E-state index < -0.39 is 0 Å². The Morgan fingerprint density at radius 2 is 2.22 bits per heavy atom. The Bertz CT molecular complexity index is 838. The van der Waals surface area contributed by atoms with Crippen LogP contribution in [0, 0.1) is 0 Å². The fraction of sp³-hybridized carbons (Fsp3) is 0.235. The van der Waals surface area contributed by atoms with Gasteiger partial charge in [0.1, 0.15) is 6.54 Å². The molecule has 0 aliphatic carbocycles. The first kappa shape index (κ1) is 13.8. The van der Waals surface area contributed by atoms with Gasteiger partial charge < -0.3 is 9.42 Å². The first-order valence-corrected chi connectivity index (χ1v) is 7.57. The number of rotatable bonds is 3. The maximum Gasteiger partial charge on any atom is 0.280 e. The molecule has 116 valence electrons. The summed E-state index contributed by atoms with van der Waals surface area (Å²) in [5.41, 5.74) is 2.48. The largest absolute Gasteiger partial charge is 0.359 e. The highest BCUT2D eigenvalue weighted by Gasteiger charge is 2.32. The molecule has 0 spiro atoms. The first-order valence-electron chi connectivity index (χ1n) is 7.57. The van der Waals surface area contributed by atoms with E-state index in [0.29, 0.717) is 18.0 Å². The summed E-state index contributed by atoms with van der Waals surface area (Å²) in [6.45, 7) is 2.50. The fourth-order valence-electron chi connectivity index (χ4n) is 3.04. The molecule has 2 aromatic heterocycles. The monoisotopic (exact) mass is 308 g/mol. The van der Waals surface area contributed by atoms with Gasteiger partial charge in [0.15, 0.2) is 11.5 Å². The van der Waals surface area contributed by atoms with Crippen molar-refractivity contribution in [1.29, 1.82) is 0 Å². The molecular formula is C17H16N4O2. The van der Waals surface area contributed by atoms with Gasteiger partial charge in [0.2, 0.25) is 0 Å². The summed E-state index contributed by atoms with van der Waals surface area (Å²) in [5, 5.41) is 8.06. The molecule has 1 atom stereocenters. The lowest BCUT2D eigenvalue weighted by Crippen LogP contribution is -2.35. The molecule has 0 fully saturated rings. The quantitative estimate of drug-likeness (QED) is 0.746. The average Bonchev–Trinajstić information content (AvgIpc) is 3.26. The second-order valence-electron chi connectivity index (χ2n) is 5.74. The van der Waals surface area contributed by atoms with Crippen molar-refractivity contribution in [2.24, 2.45) is 0 Å². The minimum atomic E-state index is -0.127. The normalized spacial score (nSPS) is 16.6. The van der Waals surface area contributed by atoms with Crippen molar-refractivity contribution >= 4 is 11.6 Å². The molecule has 23 heavy (non-hydrogen) atoms. The van der Waals surface area contributed by atoms with Crippen molar-refractivity contribution in [2.75, 3.05) is 4.90 Å². The molecule has 0 bridgehead atoms. The van der Waals surface area contributed by atoms with Crippen molar-refractivity contribution in [3.05, 3.63) is 65.8 Å². The minimum Gasteiger partial charge on any atom is -0.359 e. The van der Waals surface area contributed by atoms with Crippen LogP contribution in [0.5, 0.6) is 0 Å². The SMILES string of the molecule is CC1Cc2ccccc2N1C(=O)c1cc(Cn2cccn2)on1. The van der Waals surface area contributed by atoms with Crippen LogP contribution in [-0.4, -0.2) is 26.9 Å². The van der Waals surface area contributed by atoms with Crippen molar-refractivity contribution in [3.63, 3.8) is 0 Å². The lowest BCUT2D eigenvalue weighted by molar-refractivity contribution is 0.0972. The maximum atomic E-state index is 12.8. The third kappa shape index (κ3) is 2.42. The van der Waals surface area contributed by atoms with Crippen LogP contribution in [0.3, 0.4) is 0 Å². The highest BCUT2D eigenvalue weighted by molar-refractivity contribution is 6.06. The zero-order chi connectivity index (χ0) is 15.8. The number of carbonyl (C=O) groups is 1. The lowest BCUT2D eigenvalue weighted by Gasteiger charge is -2.21. The van der Waals surface area contributed by atoms with Gasteiger partial charge in [0, 0.05) is 30.2 Å². The van der Waals surface area contributed by atoms with E-state index in [0.717, 1.165) is 12.1 Å². The van der Waals surface area contributed by atoms with Crippen LogP contribution in [0.4, 0.5) is 5.69 Å². The third-order valence-corrected chi connectivity index (χ3v) is 4.08. The summed E-state index contributed by atoms with van der Waals surface area (Å²) in [6.07, 6.45) is 4.40. The van der Waals surface area contributed by atoms with Gasteiger partial charge in [-0.25, -0.2) is 0 Å². The lowest BCUT2D eigenvalue weighted by atomic mass is 10.1. The predicted molar refractivity (Wildman–Crippen MR) is 84.2 cm³/mol. The molecular weight excluding hydrogens is 292 g/mol. The number of fused-ring (bicyclic) bond motifs is 1. The Balaban J connectivity index is 1.59. The zero-order valence-corrected chi connectivity index (χ0v) is 12.7. The standard InChI is InChI=1S/C17H16N4O2/c1-12-9-13-5-2-3-6-16(13)21(12)17(22)15-10-14(23-19-15)11-20-8-4-7-18-20/h2-8,10,12H,9,11H2,1H3. The summed E-state index contributed by atoms with van der Waals surface area (Å²) in [4.78, 5) is 14.6. The second kappa shape index (κ2) is 5.39. The van der Waals surface area contributed by atoms with Gasteiger partial charge in [0.05, 0.1) is 0 Å². The van der Waals surface area contributed by atoms with E-state index in [1.54, 1.807) is 21.8 Å². The highest BCUT2D eigenvalue weighted by atomic mass is 16.5. The van der Waals surface area contributed by atoms with Crippen LogP contribution in [0.15, 0.2) is 53.3 Å².